The average molecular weight is 541 g/mol. The van der Waals surface area contributed by atoms with E-state index < -0.39 is 21.7 Å². The Kier molecular flexibility index (Phi) is 9.66. The molecule has 8 nitrogen and oxygen atoms in total. The Morgan fingerprint density at radius 1 is 0.889 bits per heavy atom. The number of rotatable bonds is 12. The molecule has 3 atom stereocenters. The first-order valence-corrected chi connectivity index (χ1v) is 14.5. The highest BCUT2D eigenvalue weighted by atomic mass is 32.2. The number of aliphatic hydroxyl groups excluding tert-OH is 1. The molecule has 1 unspecified atom stereocenters. The summed E-state index contributed by atoms with van der Waals surface area (Å²) in [6.07, 6.45) is 1.45. The monoisotopic (exact) mass is 540 g/mol. The normalized spacial score (nSPS) is 18.5. The lowest BCUT2D eigenvalue weighted by atomic mass is 10.0. The second-order valence-corrected chi connectivity index (χ2v) is 12.1. The molecule has 3 rings (SSSR count). The molecule has 1 aliphatic rings. The maximum absolute atomic E-state index is 13.2. The van der Waals surface area contributed by atoms with E-state index in [0.29, 0.717) is 29.6 Å². The molecule has 1 aliphatic heterocycles. The van der Waals surface area contributed by atoms with Gasteiger partial charge in [0.2, 0.25) is 5.75 Å². The molecule has 0 saturated carbocycles. The van der Waals surface area contributed by atoms with Crippen molar-refractivity contribution in [3.8, 4) is 28.7 Å². The number of methoxy groups -OCH3 is 4. The summed E-state index contributed by atoms with van der Waals surface area (Å²) in [6, 6.07) is 7.46. The lowest BCUT2D eigenvalue weighted by Crippen LogP contribution is -2.19. The third-order valence-corrected chi connectivity index (χ3v) is 9.53. The molecular formula is C26H36O8S2. The Morgan fingerprint density at radius 3 is 1.83 bits per heavy atom. The first-order chi connectivity index (χ1) is 17.2. The minimum Gasteiger partial charge on any atom is -0.493 e. The largest absolute Gasteiger partial charge is 0.493 e. The van der Waals surface area contributed by atoms with Crippen LogP contribution in [0.3, 0.4) is 0 Å². The molecule has 0 bridgehead atoms. The third kappa shape index (κ3) is 6.15. The summed E-state index contributed by atoms with van der Waals surface area (Å²) in [5.41, 5.74) is 1.90. The zero-order chi connectivity index (χ0) is 26.5. The van der Waals surface area contributed by atoms with Crippen LogP contribution in [0.15, 0.2) is 29.2 Å². The Balaban J connectivity index is 1.99. The van der Waals surface area contributed by atoms with Crippen molar-refractivity contribution in [3.63, 3.8) is 0 Å². The first-order valence-electron chi connectivity index (χ1n) is 11.9. The van der Waals surface area contributed by atoms with E-state index in [-0.39, 0.29) is 21.1 Å². The van der Waals surface area contributed by atoms with Crippen LogP contribution in [-0.2, 0) is 9.84 Å². The number of hydrogen-bond acceptors (Lipinski definition) is 9. The van der Waals surface area contributed by atoms with Gasteiger partial charge in [-0.15, -0.1) is 11.8 Å². The Hall–Kier alpha value is -2.30. The van der Waals surface area contributed by atoms with Gasteiger partial charge in [-0.1, -0.05) is 6.92 Å². The van der Waals surface area contributed by atoms with E-state index >= 15 is 0 Å². The highest BCUT2D eigenvalue weighted by Crippen LogP contribution is 2.55. The average Bonchev–Trinajstić information content (AvgIpc) is 3.35. The predicted octanol–water partition coefficient (Wildman–Crippen LogP) is 4.97. The number of aliphatic hydroxyl groups is 1. The van der Waals surface area contributed by atoms with Crippen LogP contribution in [0, 0.1) is 0 Å². The van der Waals surface area contributed by atoms with Crippen molar-refractivity contribution in [2.24, 2.45) is 0 Å². The zero-order valence-corrected chi connectivity index (χ0v) is 23.3. The van der Waals surface area contributed by atoms with Gasteiger partial charge in [-0.25, -0.2) is 8.42 Å². The Labute approximate surface area is 218 Å². The van der Waals surface area contributed by atoms with E-state index in [2.05, 4.69) is 0 Å². The van der Waals surface area contributed by atoms with Crippen molar-refractivity contribution < 1.29 is 37.2 Å². The Morgan fingerprint density at radius 2 is 1.39 bits per heavy atom. The second kappa shape index (κ2) is 12.3. The van der Waals surface area contributed by atoms with Gasteiger partial charge in [-0.05, 0) is 61.6 Å². The van der Waals surface area contributed by atoms with E-state index in [1.54, 1.807) is 39.2 Å². The van der Waals surface area contributed by atoms with Crippen molar-refractivity contribution in [2.45, 2.75) is 54.6 Å². The molecule has 1 N–H and O–H groups in total. The van der Waals surface area contributed by atoms with Gasteiger partial charge in [0, 0.05) is 10.5 Å². The number of sulfone groups is 1. The molecule has 0 aromatic heterocycles. The van der Waals surface area contributed by atoms with Gasteiger partial charge in [0.15, 0.2) is 32.8 Å². The summed E-state index contributed by atoms with van der Waals surface area (Å²) >= 11 is 1.75. The topological polar surface area (TPSA) is 101 Å². The molecular weight excluding hydrogens is 504 g/mol. The van der Waals surface area contributed by atoms with E-state index in [1.165, 1.54) is 14.0 Å². The molecule has 10 heteroatoms. The van der Waals surface area contributed by atoms with Gasteiger partial charge in [-0.2, -0.15) is 0 Å². The third-order valence-electron chi connectivity index (χ3n) is 5.96. The molecule has 0 aliphatic carbocycles. The van der Waals surface area contributed by atoms with E-state index in [1.807, 2.05) is 25.1 Å². The molecule has 0 amide bonds. The molecule has 1 fully saturated rings. The summed E-state index contributed by atoms with van der Waals surface area (Å²) in [7, 11) is 2.46. The van der Waals surface area contributed by atoms with Gasteiger partial charge in [0.25, 0.3) is 0 Å². The molecule has 0 spiro atoms. The fraction of sp³-hybridized carbons (Fsp3) is 0.538. The maximum Gasteiger partial charge on any atom is 0.203 e. The summed E-state index contributed by atoms with van der Waals surface area (Å²) < 4.78 is 54.3. The molecule has 36 heavy (non-hydrogen) atoms. The van der Waals surface area contributed by atoms with Crippen molar-refractivity contribution in [1.29, 1.82) is 0 Å². The van der Waals surface area contributed by atoms with Crippen LogP contribution in [0.2, 0.25) is 0 Å². The lowest BCUT2D eigenvalue weighted by Gasteiger charge is -2.20. The van der Waals surface area contributed by atoms with Crippen LogP contribution >= 0.6 is 11.8 Å². The molecule has 0 radical (unpaired) electrons. The lowest BCUT2D eigenvalue weighted by molar-refractivity contribution is 0.218. The molecule has 1 saturated heterocycles. The van der Waals surface area contributed by atoms with Crippen LogP contribution in [0.25, 0.3) is 0 Å². The van der Waals surface area contributed by atoms with Crippen LogP contribution in [-0.4, -0.2) is 60.4 Å². The summed E-state index contributed by atoms with van der Waals surface area (Å²) in [5, 5.41) is 10.0. The van der Waals surface area contributed by atoms with Crippen molar-refractivity contribution in [1.82, 2.24) is 0 Å². The fourth-order valence-electron chi connectivity index (χ4n) is 4.33. The summed E-state index contributed by atoms with van der Waals surface area (Å²) in [6.45, 7) is 3.76. The molecule has 2 aromatic rings. The van der Waals surface area contributed by atoms with Gasteiger partial charge in [0.05, 0.1) is 46.9 Å². The predicted molar refractivity (Wildman–Crippen MR) is 141 cm³/mol. The minimum atomic E-state index is -3.81. The quantitative estimate of drug-likeness (QED) is 0.400. The summed E-state index contributed by atoms with van der Waals surface area (Å²) in [4.78, 5) is 0.0584. The standard InChI is InChI=1S/C26H36O8S2/c1-7-10-34-26-21(32-5)13-18(14-24(26)36(28,29)15-16(2)27)23-9-8-22(35-23)17-11-19(30-3)25(33-6)20(12-17)31-4/h11-14,16,22-23,27H,7-10,15H2,1-6H3/t16?,22-,23-/m1/s1. The second-order valence-electron chi connectivity index (χ2n) is 8.68. The van der Waals surface area contributed by atoms with Crippen molar-refractivity contribution in [2.75, 3.05) is 40.8 Å². The number of benzene rings is 2. The van der Waals surface area contributed by atoms with Gasteiger partial charge in [0.1, 0.15) is 4.90 Å². The van der Waals surface area contributed by atoms with Crippen LogP contribution in [0.1, 0.15) is 54.7 Å². The number of thioether (sulfide) groups is 1. The summed E-state index contributed by atoms with van der Waals surface area (Å²) in [5.74, 6) is 1.93. The molecule has 200 valence electrons. The van der Waals surface area contributed by atoms with Gasteiger partial charge < -0.3 is 28.8 Å². The SMILES string of the molecule is CCCOc1c(OC)cc([C@H]2CC[C@H](c3cc(OC)c(OC)c(OC)c3)S2)cc1S(=O)(=O)CC(C)O. The van der Waals surface area contributed by atoms with Gasteiger partial charge in [-0.3, -0.25) is 0 Å². The van der Waals surface area contributed by atoms with Crippen molar-refractivity contribution >= 4 is 21.6 Å². The van der Waals surface area contributed by atoms with E-state index in [0.717, 1.165) is 30.4 Å². The minimum absolute atomic E-state index is 0.0451. The number of hydrogen-bond donors (Lipinski definition) is 1. The van der Waals surface area contributed by atoms with Crippen LogP contribution in [0.5, 0.6) is 28.7 Å². The highest BCUT2D eigenvalue weighted by molar-refractivity contribution is 8.00. The smallest absolute Gasteiger partial charge is 0.203 e. The first kappa shape index (κ1) is 28.3. The van der Waals surface area contributed by atoms with E-state index in [9.17, 15) is 13.5 Å². The van der Waals surface area contributed by atoms with Gasteiger partial charge >= 0.3 is 0 Å². The number of ether oxygens (including phenoxy) is 5. The fourth-order valence-corrected chi connectivity index (χ4v) is 7.43. The van der Waals surface area contributed by atoms with Crippen molar-refractivity contribution in [3.05, 3.63) is 35.4 Å². The maximum atomic E-state index is 13.2. The van der Waals surface area contributed by atoms with Crippen LogP contribution in [0.4, 0.5) is 0 Å². The zero-order valence-electron chi connectivity index (χ0n) is 21.7. The molecule has 1 heterocycles. The van der Waals surface area contributed by atoms with Crippen LogP contribution < -0.4 is 23.7 Å². The highest BCUT2D eigenvalue weighted by Gasteiger charge is 2.33. The van der Waals surface area contributed by atoms with E-state index in [4.69, 9.17) is 23.7 Å². The molecule has 2 aromatic carbocycles. The Bertz CT molecular complexity index is 1120.